The maximum Gasteiger partial charge on any atom is 0.326 e. The molecule has 0 spiro atoms. The summed E-state index contributed by atoms with van der Waals surface area (Å²) < 4.78 is 0. The van der Waals surface area contributed by atoms with Gasteiger partial charge in [-0.15, -0.1) is 11.3 Å². The molecule has 0 radical (unpaired) electrons. The number of hydrogen-bond donors (Lipinski definition) is 2. The predicted octanol–water partition coefficient (Wildman–Crippen LogP) is 1.74. The highest BCUT2D eigenvalue weighted by atomic mass is 32.1. The van der Waals surface area contributed by atoms with Crippen LogP contribution in [-0.4, -0.2) is 23.0 Å². The molecule has 4 nitrogen and oxygen atoms in total. The fourth-order valence-electron chi connectivity index (χ4n) is 1.56. The molecule has 5 heteroatoms. The Labute approximate surface area is 103 Å². The molecule has 1 aliphatic carbocycles. The van der Waals surface area contributed by atoms with E-state index in [1.165, 1.54) is 17.4 Å². The first-order chi connectivity index (χ1) is 8.16. The molecule has 2 rings (SSSR count). The Kier molecular flexibility index (Phi) is 3.58. The van der Waals surface area contributed by atoms with Crippen LogP contribution in [0, 0.1) is 5.92 Å². The summed E-state index contributed by atoms with van der Waals surface area (Å²) in [5.74, 6) is -1.20. The lowest BCUT2D eigenvalue weighted by Gasteiger charge is -2.11. The quantitative estimate of drug-likeness (QED) is 0.783. The zero-order chi connectivity index (χ0) is 12.3. The van der Waals surface area contributed by atoms with Crippen molar-refractivity contribution in [1.82, 2.24) is 5.32 Å². The van der Waals surface area contributed by atoms with E-state index in [2.05, 4.69) is 5.32 Å². The number of hydrogen-bond acceptors (Lipinski definition) is 3. The zero-order valence-electron chi connectivity index (χ0n) is 9.13. The van der Waals surface area contributed by atoms with Crippen molar-refractivity contribution in [3.05, 3.63) is 28.5 Å². The highest BCUT2D eigenvalue weighted by Gasteiger charge is 2.36. The van der Waals surface area contributed by atoms with Crippen molar-refractivity contribution < 1.29 is 14.7 Å². The summed E-state index contributed by atoms with van der Waals surface area (Å²) >= 11 is 1.53. The van der Waals surface area contributed by atoms with E-state index in [4.69, 9.17) is 5.11 Å². The van der Waals surface area contributed by atoms with Gasteiger partial charge in [0, 0.05) is 11.0 Å². The Morgan fingerprint density at radius 3 is 2.82 bits per heavy atom. The van der Waals surface area contributed by atoms with Crippen molar-refractivity contribution in [2.75, 3.05) is 0 Å². The fraction of sp³-hybridized carbons (Fsp3) is 0.333. The third-order valence-corrected chi connectivity index (χ3v) is 3.44. The van der Waals surface area contributed by atoms with Crippen LogP contribution >= 0.6 is 11.3 Å². The van der Waals surface area contributed by atoms with Crippen LogP contribution in [0.3, 0.4) is 0 Å². The summed E-state index contributed by atoms with van der Waals surface area (Å²) in [5, 5.41) is 13.4. The monoisotopic (exact) mass is 251 g/mol. The number of rotatable bonds is 5. The molecular weight excluding hydrogens is 238 g/mol. The molecule has 1 aliphatic rings. The summed E-state index contributed by atoms with van der Waals surface area (Å²) in [7, 11) is 0. The summed E-state index contributed by atoms with van der Waals surface area (Å²) in [5.41, 5.74) is 0. The summed E-state index contributed by atoms with van der Waals surface area (Å²) in [6.07, 6.45) is 4.83. The number of carboxylic acid groups (broad SMARTS) is 1. The largest absolute Gasteiger partial charge is 0.480 e. The highest BCUT2D eigenvalue weighted by Crippen LogP contribution is 2.32. The second-order valence-corrected chi connectivity index (χ2v) is 4.99. The number of amides is 1. The van der Waals surface area contributed by atoms with E-state index < -0.39 is 12.0 Å². The molecule has 1 unspecified atom stereocenters. The Morgan fingerprint density at radius 2 is 2.29 bits per heavy atom. The number of carboxylic acids is 1. The summed E-state index contributed by atoms with van der Waals surface area (Å²) in [6.45, 7) is 0. The number of nitrogens with one attached hydrogen (secondary N) is 1. The van der Waals surface area contributed by atoms with Crippen LogP contribution in [0.2, 0.25) is 0 Å². The molecule has 2 N–H and O–H groups in total. The van der Waals surface area contributed by atoms with E-state index in [1.54, 1.807) is 6.08 Å². The van der Waals surface area contributed by atoms with Gasteiger partial charge in [0.15, 0.2) is 0 Å². The van der Waals surface area contributed by atoms with Gasteiger partial charge in [-0.1, -0.05) is 6.07 Å². The van der Waals surface area contributed by atoms with E-state index in [1.807, 2.05) is 17.5 Å². The third-order valence-electron chi connectivity index (χ3n) is 2.60. The molecule has 1 amide bonds. The molecule has 1 fully saturated rings. The van der Waals surface area contributed by atoms with Crippen molar-refractivity contribution in [2.45, 2.75) is 18.9 Å². The van der Waals surface area contributed by atoms with Gasteiger partial charge >= 0.3 is 5.97 Å². The molecule has 0 bridgehead atoms. The lowest BCUT2D eigenvalue weighted by molar-refractivity contribution is -0.141. The molecule has 0 aromatic carbocycles. The van der Waals surface area contributed by atoms with Crippen molar-refractivity contribution in [3.63, 3.8) is 0 Å². The minimum Gasteiger partial charge on any atom is -0.480 e. The van der Waals surface area contributed by atoms with Crippen LogP contribution < -0.4 is 5.32 Å². The number of carbonyl (C=O) groups is 2. The van der Waals surface area contributed by atoms with Gasteiger partial charge in [-0.25, -0.2) is 4.79 Å². The van der Waals surface area contributed by atoms with E-state index in [-0.39, 0.29) is 11.8 Å². The van der Waals surface area contributed by atoms with E-state index in [0.29, 0.717) is 0 Å². The van der Waals surface area contributed by atoms with Crippen molar-refractivity contribution in [1.29, 1.82) is 0 Å². The Hall–Kier alpha value is -1.62. The van der Waals surface area contributed by atoms with Crippen LogP contribution in [0.4, 0.5) is 0 Å². The Bertz CT molecular complexity index is 435. The highest BCUT2D eigenvalue weighted by molar-refractivity contribution is 7.10. The van der Waals surface area contributed by atoms with Gasteiger partial charge in [0.05, 0.1) is 0 Å². The predicted molar refractivity (Wildman–Crippen MR) is 65.6 cm³/mol. The van der Waals surface area contributed by atoms with Gasteiger partial charge in [-0.2, -0.15) is 0 Å². The van der Waals surface area contributed by atoms with E-state index >= 15 is 0 Å². The minimum absolute atomic E-state index is 0.103. The molecule has 1 aromatic heterocycles. The Morgan fingerprint density at radius 1 is 1.53 bits per heavy atom. The average Bonchev–Trinajstić information content (AvgIpc) is 2.99. The topological polar surface area (TPSA) is 66.4 Å². The lowest BCUT2D eigenvalue weighted by atomic mass is 10.2. The van der Waals surface area contributed by atoms with Gasteiger partial charge in [-0.3, -0.25) is 4.79 Å². The smallest absolute Gasteiger partial charge is 0.326 e. The van der Waals surface area contributed by atoms with Crippen LogP contribution in [0.1, 0.15) is 17.7 Å². The molecule has 0 saturated heterocycles. The van der Waals surface area contributed by atoms with Crippen LogP contribution in [0.5, 0.6) is 0 Å². The standard InChI is InChI=1S/C12H13NO3S/c14-10(6-5-9-2-1-7-17-9)13-11(12(15)16)8-3-4-8/h1-2,5-8,11H,3-4H2,(H,13,14)(H,15,16). The second kappa shape index (κ2) is 5.14. The SMILES string of the molecule is O=C(C=Cc1cccs1)NC(C(=O)O)C1CC1. The van der Waals surface area contributed by atoms with E-state index in [0.717, 1.165) is 17.7 Å². The van der Waals surface area contributed by atoms with Crippen LogP contribution in [0.15, 0.2) is 23.6 Å². The summed E-state index contributed by atoms with van der Waals surface area (Å²) in [4.78, 5) is 23.4. The van der Waals surface area contributed by atoms with Gasteiger partial charge < -0.3 is 10.4 Å². The number of thiophene rings is 1. The maximum atomic E-state index is 11.5. The second-order valence-electron chi connectivity index (χ2n) is 4.01. The van der Waals surface area contributed by atoms with Gasteiger partial charge in [0.2, 0.25) is 5.91 Å². The first kappa shape index (κ1) is 11.9. The molecule has 1 atom stereocenters. The molecule has 0 aliphatic heterocycles. The zero-order valence-corrected chi connectivity index (χ0v) is 9.94. The van der Waals surface area contributed by atoms with Crippen molar-refractivity contribution in [3.8, 4) is 0 Å². The van der Waals surface area contributed by atoms with Crippen LogP contribution in [0.25, 0.3) is 6.08 Å². The fourth-order valence-corrected chi connectivity index (χ4v) is 2.17. The normalized spacial score (nSPS) is 16.9. The van der Waals surface area contributed by atoms with Gasteiger partial charge in [-0.05, 0) is 36.3 Å². The van der Waals surface area contributed by atoms with Crippen molar-refractivity contribution >= 4 is 29.3 Å². The maximum absolute atomic E-state index is 11.5. The van der Waals surface area contributed by atoms with Gasteiger partial charge in [0.1, 0.15) is 6.04 Å². The first-order valence-corrected chi connectivity index (χ1v) is 6.29. The third kappa shape index (κ3) is 3.42. The molecule has 1 aromatic rings. The number of aliphatic carboxylic acids is 1. The number of carbonyl (C=O) groups excluding carboxylic acids is 1. The minimum atomic E-state index is -0.953. The van der Waals surface area contributed by atoms with E-state index in [9.17, 15) is 9.59 Å². The molecule has 1 heterocycles. The summed E-state index contributed by atoms with van der Waals surface area (Å²) in [6, 6.07) is 3.05. The molecular formula is C12H13NO3S. The first-order valence-electron chi connectivity index (χ1n) is 5.41. The van der Waals surface area contributed by atoms with Crippen molar-refractivity contribution in [2.24, 2.45) is 5.92 Å². The average molecular weight is 251 g/mol. The van der Waals surface area contributed by atoms with Crippen LogP contribution in [-0.2, 0) is 9.59 Å². The van der Waals surface area contributed by atoms with Gasteiger partial charge in [0.25, 0.3) is 0 Å². The molecule has 90 valence electrons. The lowest BCUT2D eigenvalue weighted by Crippen LogP contribution is -2.41. The molecule has 17 heavy (non-hydrogen) atoms. The molecule has 1 saturated carbocycles. The Balaban J connectivity index is 1.89.